The van der Waals surface area contributed by atoms with Gasteiger partial charge in [0.05, 0.1) is 46.9 Å². The molecule has 0 aliphatic heterocycles. The summed E-state index contributed by atoms with van der Waals surface area (Å²) >= 11 is 0. The molecule has 2 aliphatic rings. The Labute approximate surface area is 447 Å². The van der Waals surface area contributed by atoms with Crippen molar-refractivity contribution in [3.63, 3.8) is 0 Å². The first-order valence-corrected chi connectivity index (χ1v) is 24.9. The summed E-state index contributed by atoms with van der Waals surface area (Å²) in [6, 6.07) is 61.9. The molecule has 3 heterocycles. The SMILES string of the molecule is [2H]c1c([2H])c([2H])c(-c2cccc(-c3c([2H])c([2H])c([2H])c([2H])c3[2H])c2-n2c3ccccc3c3ccc4c5ccccc5n(-c5nc(-c6ccccc6)nc(-c6ccc7c(c6)C6(c8ccccc8-c8ccccc86)c6ccccc6-7)n5)c4c32)c([2H])c1[2H]. The number of hydrogen-bond acceptors (Lipinski definition) is 3. The van der Waals surface area contributed by atoms with Gasteiger partial charge in [0.25, 0.3) is 0 Å². The van der Waals surface area contributed by atoms with E-state index in [4.69, 9.17) is 23.2 Å². The van der Waals surface area contributed by atoms with Crippen LogP contribution >= 0.6 is 0 Å². The zero-order chi connectivity index (χ0) is 57.9. The summed E-state index contributed by atoms with van der Waals surface area (Å²) in [6.45, 7) is 0. The van der Waals surface area contributed by atoms with E-state index in [1.165, 1.54) is 27.8 Å². The highest BCUT2D eigenvalue weighted by molar-refractivity contribution is 6.24. The highest BCUT2D eigenvalue weighted by Gasteiger charge is 2.51. The second-order valence-electron chi connectivity index (χ2n) is 19.1. The summed E-state index contributed by atoms with van der Waals surface area (Å²) in [4.78, 5) is 16.3. The molecule has 16 rings (SSSR count). The molecule has 0 saturated carbocycles. The van der Waals surface area contributed by atoms with Gasteiger partial charge in [0.1, 0.15) is 0 Å². The summed E-state index contributed by atoms with van der Waals surface area (Å²) < 4.78 is 94.6. The first-order valence-electron chi connectivity index (χ1n) is 29.9. The molecule has 14 aromatic rings. The van der Waals surface area contributed by atoms with E-state index in [0.29, 0.717) is 34.1 Å². The molecular formula is C70H43N5. The molecule has 5 nitrogen and oxygen atoms in total. The van der Waals surface area contributed by atoms with Gasteiger partial charge in [-0.3, -0.25) is 4.57 Å². The van der Waals surface area contributed by atoms with Crippen molar-refractivity contribution < 1.29 is 13.7 Å². The van der Waals surface area contributed by atoms with Crippen LogP contribution in [0.3, 0.4) is 0 Å². The van der Waals surface area contributed by atoms with Crippen LogP contribution < -0.4 is 0 Å². The summed E-state index contributed by atoms with van der Waals surface area (Å²) in [6.07, 6.45) is 0. The topological polar surface area (TPSA) is 48.5 Å². The predicted octanol–water partition coefficient (Wildman–Crippen LogP) is 17.1. The van der Waals surface area contributed by atoms with Crippen molar-refractivity contribution in [3.8, 4) is 78.9 Å². The second kappa shape index (κ2) is 16.0. The summed E-state index contributed by atoms with van der Waals surface area (Å²) in [5.74, 6) is 1.13. The fourth-order valence-electron chi connectivity index (χ4n) is 12.4. The molecule has 348 valence electrons. The molecule has 11 aromatic carbocycles. The number of fused-ring (bicyclic) bond motifs is 17. The van der Waals surface area contributed by atoms with Crippen molar-refractivity contribution in [1.29, 1.82) is 0 Å². The third-order valence-corrected chi connectivity index (χ3v) is 15.4. The minimum absolute atomic E-state index is 0.132. The molecular weight excluding hydrogens is 911 g/mol. The molecule has 1 spiro atoms. The zero-order valence-electron chi connectivity index (χ0n) is 49.8. The Balaban J connectivity index is 1.04. The van der Waals surface area contributed by atoms with Gasteiger partial charge in [-0.2, -0.15) is 9.97 Å². The van der Waals surface area contributed by atoms with Crippen molar-refractivity contribution in [2.75, 3.05) is 0 Å². The van der Waals surface area contributed by atoms with E-state index in [9.17, 15) is 5.48 Å². The third kappa shape index (κ3) is 5.86. The molecule has 0 saturated heterocycles. The van der Waals surface area contributed by atoms with E-state index >= 15 is 0 Å². The Bertz CT molecular complexity index is 5070. The molecule has 5 heteroatoms. The van der Waals surface area contributed by atoms with Gasteiger partial charge in [-0.1, -0.05) is 242 Å². The fourth-order valence-corrected chi connectivity index (χ4v) is 12.4. The van der Waals surface area contributed by atoms with E-state index < -0.39 is 65.8 Å². The first-order chi connectivity index (χ1) is 41.4. The van der Waals surface area contributed by atoms with Crippen LogP contribution in [0, 0.1) is 0 Å². The van der Waals surface area contributed by atoms with Crippen LogP contribution in [0.15, 0.2) is 261 Å². The standard InChI is InChI=1S/C70H43N5/c1-4-21-44(22-5-1)48-32-20-33-49(45-23-6-2-7-24-45)64(48)74-62-37-18-13-30-54(62)56-41-42-57-55-31-14-19-38-63(55)75(66(57)65(56)74)69-72-67(46-25-8-3-9-26-46)71-68(73-69)47-39-40-53-52-29-12-17-36-60(52)70(61(53)43-47)58-34-15-10-27-50(58)51-28-11-16-35-59(51)70/h1-43H/i1D,2D,4D,5D,6D,7D,21D,22D,23D,24D. The largest absolute Gasteiger partial charge is 0.306 e. The second-order valence-corrected chi connectivity index (χ2v) is 19.1. The molecule has 2 aliphatic carbocycles. The normalized spacial score (nSPS) is 14.8. The molecule has 3 aromatic heterocycles. The molecule has 0 radical (unpaired) electrons. The molecule has 0 N–H and O–H groups in total. The quantitative estimate of drug-likeness (QED) is 0.167. The first kappa shape index (κ1) is 32.9. The molecule has 0 amide bonds. The number of hydrogen-bond donors (Lipinski definition) is 0. The zero-order valence-corrected chi connectivity index (χ0v) is 39.8. The van der Waals surface area contributed by atoms with Crippen molar-refractivity contribution >= 4 is 43.6 Å². The van der Waals surface area contributed by atoms with Crippen LogP contribution in [0.5, 0.6) is 0 Å². The lowest BCUT2D eigenvalue weighted by molar-refractivity contribution is 0.793. The Morgan fingerprint density at radius 3 is 1.35 bits per heavy atom. The van der Waals surface area contributed by atoms with E-state index in [0.717, 1.165) is 54.9 Å². The summed E-state index contributed by atoms with van der Waals surface area (Å²) in [5, 5.41) is 3.20. The van der Waals surface area contributed by atoms with E-state index in [2.05, 4.69) is 97.1 Å². The van der Waals surface area contributed by atoms with Crippen LogP contribution in [0.25, 0.3) is 123 Å². The van der Waals surface area contributed by atoms with Crippen molar-refractivity contribution in [2.45, 2.75) is 5.41 Å². The average Bonchev–Trinajstić information content (AvgIpc) is 1.57. The van der Waals surface area contributed by atoms with Gasteiger partial charge >= 0.3 is 0 Å². The van der Waals surface area contributed by atoms with Crippen LogP contribution in [0.4, 0.5) is 0 Å². The Kier molecular flexibility index (Phi) is 7.02. The number of para-hydroxylation sites is 3. The highest BCUT2D eigenvalue weighted by atomic mass is 15.2. The Hall–Kier alpha value is -9.97. The number of nitrogens with zero attached hydrogens (tertiary/aromatic N) is 5. The molecule has 75 heavy (non-hydrogen) atoms. The fraction of sp³-hybridized carbons (Fsp3) is 0.0143. The molecule has 0 bridgehead atoms. The van der Waals surface area contributed by atoms with Crippen molar-refractivity contribution in [1.82, 2.24) is 24.1 Å². The number of aromatic nitrogens is 5. The lowest BCUT2D eigenvalue weighted by Gasteiger charge is -2.30. The maximum absolute atomic E-state index is 9.43. The maximum Gasteiger partial charge on any atom is 0.238 e. The molecule has 0 unspecified atom stereocenters. The molecule has 0 atom stereocenters. The average molecular weight is 964 g/mol. The van der Waals surface area contributed by atoms with Crippen molar-refractivity contribution in [3.05, 3.63) is 283 Å². The van der Waals surface area contributed by atoms with Crippen LogP contribution in [-0.2, 0) is 5.41 Å². The minimum Gasteiger partial charge on any atom is -0.306 e. The van der Waals surface area contributed by atoms with Gasteiger partial charge in [-0.05, 0) is 73.8 Å². The summed E-state index contributed by atoms with van der Waals surface area (Å²) in [5.41, 5.74) is 13.1. The van der Waals surface area contributed by atoms with Gasteiger partial charge < -0.3 is 4.57 Å². The van der Waals surface area contributed by atoms with Gasteiger partial charge in [-0.25, -0.2) is 4.98 Å². The van der Waals surface area contributed by atoms with Crippen LogP contribution in [0.2, 0.25) is 0 Å². The molecule has 0 fully saturated rings. The van der Waals surface area contributed by atoms with Gasteiger partial charge in [-0.15, -0.1) is 0 Å². The van der Waals surface area contributed by atoms with Crippen molar-refractivity contribution in [2.24, 2.45) is 0 Å². The van der Waals surface area contributed by atoms with E-state index in [1.807, 2.05) is 94.1 Å². The van der Waals surface area contributed by atoms with E-state index in [1.54, 1.807) is 18.2 Å². The number of rotatable bonds is 6. The van der Waals surface area contributed by atoms with Crippen LogP contribution in [-0.4, -0.2) is 24.1 Å². The van der Waals surface area contributed by atoms with Gasteiger partial charge in [0.15, 0.2) is 11.6 Å². The number of benzene rings is 11. The maximum atomic E-state index is 9.43. The smallest absolute Gasteiger partial charge is 0.238 e. The highest BCUT2D eigenvalue weighted by Crippen LogP contribution is 2.63. The Morgan fingerprint density at radius 1 is 0.320 bits per heavy atom. The minimum atomic E-state index is -0.640. The van der Waals surface area contributed by atoms with Crippen LogP contribution in [0.1, 0.15) is 36.0 Å². The summed E-state index contributed by atoms with van der Waals surface area (Å²) in [7, 11) is 0. The predicted molar refractivity (Wildman–Crippen MR) is 307 cm³/mol. The van der Waals surface area contributed by atoms with Gasteiger partial charge in [0, 0.05) is 43.8 Å². The van der Waals surface area contributed by atoms with E-state index in [-0.39, 0.29) is 27.9 Å². The lowest BCUT2D eigenvalue weighted by atomic mass is 9.70. The lowest BCUT2D eigenvalue weighted by Crippen LogP contribution is -2.25. The third-order valence-electron chi connectivity index (χ3n) is 15.4. The Morgan fingerprint density at radius 2 is 0.773 bits per heavy atom. The van der Waals surface area contributed by atoms with Gasteiger partial charge in [0.2, 0.25) is 5.95 Å². The monoisotopic (exact) mass is 963 g/mol.